The van der Waals surface area contributed by atoms with Gasteiger partial charge in [0.15, 0.2) is 0 Å². The van der Waals surface area contributed by atoms with Crippen LogP contribution in [0.1, 0.15) is 38.3 Å². The zero-order valence-electron chi connectivity index (χ0n) is 9.61. The first kappa shape index (κ1) is 10.6. The Balaban J connectivity index is 1.80. The number of hydrogen-bond donors (Lipinski definition) is 1. The number of aryl methyl sites for hydroxylation is 1. The van der Waals surface area contributed by atoms with Crippen LogP contribution in [0.2, 0.25) is 0 Å². The number of aromatic nitrogens is 3. The molecule has 1 atom stereocenters. The monoisotopic (exact) mass is 208 g/mol. The third-order valence-electron chi connectivity index (χ3n) is 3.52. The summed E-state index contributed by atoms with van der Waals surface area (Å²) < 4.78 is 1.83. The van der Waals surface area contributed by atoms with E-state index in [2.05, 4.69) is 22.6 Å². The molecular formula is C11H20N4. The molecule has 15 heavy (non-hydrogen) atoms. The normalized spacial score (nSPS) is 19.6. The molecular weight excluding hydrogens is 188 g/mol. The van der Waals surface area contributed by atoms with Crippen molar-refractivity contribution in [2.75, 3.05) is 0 Å². The van der Waals surface area contributed by atoms with Crippen molar-refractivity contribution in [3.8, 4) is 0 Å². The van der Waals surface area contributed by atoms with E-state index in [1.54, 1.807) is 0 Å². The summed E-state index contributed by atoms with van der Waals surface area (Å²) in [7, 11) is 1.93. The zero-order chi connectivity index (χ0) is 10.7. The Hall–Kier alpha value is -0.900. The fraction of sp³-hybridized carbons (Fsp3) is 0.818. The molecule has 1 aliphatic carbocycles. The Labute approximate surface area is 91.1 Å². The minimum atomic E-state index is 0.613. The van der Waals surface area contributed by atoms with Gasteiger partial charge < -0.3 is 5.32 Å². The largest absolute Gasteiger partial charge is 0.308 e. The van der Waals surface area contributed by atoms with Gasteiger partial charge in [-0.25, -0.2) is 0 Å². The molecule has 1 N–H and O–H groups in total. The van der Waals surface area contributed by atoms with E-state index in [0.29, 0.717) is 6.04 Å². The maximum Gasteiger partial charge on any atom is 0.0738 e. The van der Waals surface area contributed by atoms with Gasteiger partial charge in [-0.05, 0) is 25.7 Å². The van der Waals surface area contributed by atoms with Crippen LogP contribution in [0.5, 0.6) is 0 Å². The third-order valence-corrected chi connectivity index (χ3v) is 3.52. The van der Waals surface area contributed by atoms with E-state index in [-0.39, 0.29) is 0 Å². The number of nitrogens with one attached hydrogen (secondary N) is 1. The van der Waals surface area contributed by atoms with Crippen LogP contribution in [0.25, 0.3) is 0 Å². The molecule has 1 heterocycles. The molecule has 0 radical (unpaired) electrons. The Kier molecular flexibility index (Phi) is 3.36. The van der Waals surface area contributed by atoms with E-state index >= 15 is 0 Å². The van der Waals surface area contributed by atoms with Crippen LogP contribution in [0.15, 0.2) is 6.20 Å². The van der Waals surface area contributed by atoms with Gasteiger partial charge in [-0.15, -0.1) is 5.10 Å². The highest BCUT2D eigenvalue weighted by Crippen LogP contribution is 2.27. The van der Waals surface area contributed by atoms with Crippen LogP contribution in [-0.2, 0) is 13.6 Å². The average molecular weight is 208 g/mol. The van der Waals surface area contributed by atoms with Crippen molar-refractivity contribution < 1.29 is 0 Å². The van der Waals surface area contributed by atoms with Crippen molar-refractivity contribution in [3.05, 3.63) is 11.9 Å². The summed E-state index contributed by atoms with van der Waals surface area (Å²) >= 11 is 0. The number of nitrogens with zero attached hydrogens (tertiary/aromatic N) is 3. The van der Waals surface area contributed by atoms with E-state index in [4.69, 9.17) is 0 Å². The quantitative estimate of drug-likeness (QED) is 0.815. The summed E-state index contributed by atoms with van der Waals surface area (Å²) in [5.41, 5.74) is 1.15. The third kappa shape index (κ3) is 2.56. The minimum Gasteiger partial charge on any atom is -0.308 e. The first-order valence-corrected chi connectivity index (χ1v) is 5.84. The topological polar surface area (TPSA) is 42.7 Å². The molecule has 1 aliphatic rings. The van der Waals surface area contributed by atoms with Crippen LogP contribution in [0, 0.1) is 5.92 Å². The van der Waals surface area contributed by atoms with Crippen molar-refractivity contribution in [2.24, 2.45) is 13.0 Å². The Morgan fingerprint density at radius 2 is 2.27 bits per heavy atom. The number of hydrogen-bond acceptors (Lipinski definition) is 3. The predicted octanol–water partition coefficient (Wildman–Crippen LogP) is 1.48. The van der Waals surface area contributed by atoms with Crippen LogP contribution in [0.4, 0.5) is 0 Å². The summed E-state index contributed by atoms with van der Waals surface area (Å²) in [4.78, 5) is 0. The van der Waals surface area contributed by atoms with Crippen LogP contribution >= 0.6 is 0 Å². The highest BCUT2D eigenvalue weighted by Gasteiger charge is 2.21. The molecule has 0 aliphatic heterocycles. The first-order chi connectivity index (χ1) is 7.27. The van der Waals surface area contributed by atoms with Gasteiger partial charge in [0, 0.05) is 19.6 Å². The lowest BCUT2D eigenvalue weighted by molar-refractivity contribution is 0.376. The summed E-state index contributed by atoms with van der Waals surface area (Å²) in [5.74, 6) is 0.867. The first-order valence-electron chi connectivity index (χ1n) is 5.84. The highest BCUT2D eigenvalue weighted by atomic mass is 15.4. The van der Waals surface area contributed by atoms with Crippen molar-refractivity contribution in [1.82, 2.24) is 20.3 Å². The maximum atomic E-state index is 3.92. The van der Waals surface area contributed by atoms with E-state index in [1.165, 1.54) is 25.7 Å². The van der Waals surface area contributed by atoms with Crippen molar-refractivity contribution in [1.29, 1.82) is 0 Å². The second kappa shape index (κ2) is 4.75. The van der Waals surface area contributed by atoms with E-state index in [1.807, 2.05) is 17.9 Å². The Morgan fingerprint density at radius 1 is 1.53 bits per heavy atom. The highest BCUT2D eigenvalue weighted by molar-refractivity contribution is 4.93. The van der Waals surface area contributed by atoms with Crippen molar-refractivity contribution >= 4 is 0 Å². The standard InChI is InChI=1S/C11H20N4/c1-9(10-5-3-4-6-10)12-7-11-8-13-14-15(11)2/h8-10,12H,3-7H2,1-2H3/t9-/m1/s1. The fourth-order valence-corrected chi connectivity index (χ4v) is 2.36. The van der Waals surface area contributed by atoms with Crippen LogP contribution < -0.4 is 5.32 Å². The molecule has 84 valence electrons. The fourth-order valence-electron chi connectivity index (χ4n) is 2.36. The lowest BCUT2D eigenvalue weighted by atomic mass is 10.00. The molecule has 1 aromatic rings. The SMILES string of the molecule is C[C@@H](NCc1cnnn1C)C1CCCC1. The lowest BCUT2D eigenvalue weighted by Gasteiger charge is -2.20. The molecule has 1 fully saturated rings. The van der Waals surface area contributed by atoms with Gasteiger partial charge in [0.1, 0.15) is 0 Å². The predicted molar refractivity (Wildman–Crippen MR) is 59.3 cm³/mol. The van der Waals surface area contributed by atoms with E-state index < -0.39 is 0 Å². The molecule has 4 nitrogen and oxygen atoms in total. The Morgan fingerprint density at radius 3 is 2.87 bits per heavy atom. The van der Waals surface area contributed by atoms with Crippen molar-refractivity contribution in [3.63, 3.8) is 0 Å². The smallest absolute Gasteiger partial charge is 0.0738 e. The second-order valence-corrected chi connectivity index (χ2v) is 4.56. The molecule has 0 amide bonds. The second-order valence-electron chi connectivity index (χ2n) is 4.56. The van der Waals surface area contributed by atoms with Gasteiger partial charge in [0.2, 0.25) is 0 Å². The maximum absolute atomic E-state index is 3.92. The molecule has 0 spiro atoms. The van der Waals surface area contributed by atoms with Gasteiger partial charge in [0.25, 0.3) is 0 Å². The zero-order valence-corrected chi connectivity index (χ0v) is 9.61. The average Bonchev–Trinajstić information content (AvgIpc) is 2.85. The molecule has 2 rings (SSSR count). The van der Waals surface area contributed by atoms with Crippen LogP contribution in [-0.4, -0.2) is 21.0 Å². The van der Waals surface area contributed by atoms with Crippen LogP contribution in [0.3, 0.4) is 0 Å². The van der Waals surface area contributed by atoms with Gasteiger partial charge in [-0.2, -0.15) is 0 Å². The Bertz CT molecular complexity index is 301. The summed E-state index contributed by atoms with van der Waals surface area (Å²) in [6.45, 7) is 3.17. The summed E-state index contributed by atoms with van der Waals surface area (Å²) in [5, 5.41) is 11.4. The van der Waals surface area contributed by atoms with Gasteiger partial charge >= 0.3 is 0 Å². The van der Waals surface area contributed by atoms with E-state index in [0.717, 1.165) is 18.2 Å². The minimum absolute atomic E-state index is 0.613. The van der Waals surface area contributed by atoms with Gasteiger partial charge in [0.05, 0.1) is 11.9 Å². The molecule has 0 aromatic carbocycles. The number of rotatable bonds is 4. The van der Waals surface area contributed by atoms with Gasteiger partial charge in [-0.3, -0.25) is 4.68 Å². The lowest BCUT2D eigenvalue weighted by Crippen LogP contribution is -2.32. The molecule has 0 unspecified atom stereocenters. The molecule has 1 saturated carbocycles. The van der Waals surface area contributed by atoms with E-state index in [9.17, 15) is 0 Å². The summed E-state index contributed by atoms with van der Waals surface area (Å²) in [6, 6.07) is 0.613. The molecule has 0 saturated heterocycles. The van der Waals surface area contributed by atoms with Gasteiger partial charge in [-0.1, -0.05) is 18.1 Å². The van der Waals surface area contributed by atoms with Crippen molar-refractivity contribution in [2.45, 2.75) is 45.2 Å². The molecule has 0 bridgehead atoms. The summed E-state index contributed by atoms with van der Waals surface area (Å²) in [6.07, 6.45) is 7.41. The molecule has 1 aromatic heterocycles. The molecule has 4 heteroatoms.